The molecule has 6 heteroatoms. The molecule has 1 aliphatic carbocycles. The topological polar surface area (TPSA) is 59.1 Å². The standard InChI is InChI=1S/C23H32N2O4/c26-22-15-24(23(27)19-11-12-28-17-19)13-21(29-16-18-7-3-1-4-8-18)14-25(22)20-9-5-2-6-10-20/h1,3-4,7-8,19-21H,2,5-6,9-17H2/t19-,21+/m0/s1. The first kappa shape index (κ1) is 20.4. The van der Waals surface area contributed by atoms with Crippen molar-refractivity contribution in [1.82, 2.24) is 9.80 Å². The number of rotatable bonds is 5. The average Bonchev–Trinajstić information content (AvgIpc) is 3.24. The Labute approximate surface area is 173 Å². The van der Waals surface area contributed by atoms with Gasteiger partial charge in [-0.1, -0.05) is 49.6 Å². The summed E-state index contributed by atoms with van der Waals surface area (Å²) in [7, 11) is 0. The fourth-order valence-electron chi connectivity index (χ4n) is 4.74. The molecule has 2 aliphatic heterocycles. The maximum Gasteiger partial charge on any atom is 0.242 e. The maximum absolute atomic E-state index is 13.1. The summed E-state index contributed by atoms with van der Waals surface area (Å²) in [4.78, 5) is 29.9. The first-order chi connectivity index (χ1) is 14.2. The highest BCUT2D eigenvalue weighted by Gasteiger charge is 2.37. The van der Waals surface area contributed by atoms with Gasteiger partial charge in [0.25, 0.3) is 0 Å². The highest BCUT2D eigenvalue weighted by molar-refractivity contribution is 5.86. The van der Waals surface area contributed by atoms with Crippen molar-refractivity contribution in [3.63, 3.8) is 0 Å². The fraction of sp³-hybridized carbons (Fsp3) is 0.652. The summed E-state index contributed by atoms with van der Waals surface area (Å²) in [5.74, 6) is -0.0246. The minimum atomic E-state index is -0.171. The van der Waals surface area contributed by atoms with Gasteiger partial charge >= 0.3 is 0 Å². The highest BCUT2D eigenvalue weighted by Crippen LogP contribution is 2.26. The van der Waals surface area contributed by atoms with Crippen molar-refractivity contribution in [2.45, 2.75) is 57.3 Å². The molecule has 2 heterocycles. The van der Waals surface area contributed by atoms with Crippen LogP contribution in [0.4, 0.5) is 0 Å². The first-order valence-corrected chi connectivity index (χ1v) is 11.0. The maximum atomic E-state index is 13.1. The minimum absolute atomic E-state index is 0.0367. The Balaban J connectivity index is 1.48. The molecule has 2 saturated heterocycles. The molecule has 3 aliphatic rings. The molecule has 4 rings (SSSR count). The third kappa shape index (κ3) is 5.17. The second kappa shape index (κ2) is 9.72. The Morgan fingerprint density at radius 2 is 1.86 bits per heavy atom. The van der Waals surface area contributed by atoms with Crippen LogP contribution in [0.5, 0.6) is 0 Å². The summed E-state index contributed by atoms with van der Waals surface area (Å²) in [6.07, 6.45) is 6.28. The van der Waals surface area contributed by atoms with Gasteiger partial charge in [0.2, 0.25) is 11.8 Å². The third-order valence-electron chi connectivity index (χ3n) is 6.41. The number of amides is 2. The summed E-state index contributed by atoms with van der Waals surface area (Å²) in [6, 6.07) is 10.4. The van der Waals surface area contributed by atoms with Crippen LogP contribution in [0.2, 0.25) is 0 Å². The van der Waals surface area contributed by atoms with Crippen LogP contribution >= 0.6 is 0 Å². The van der Waals surface area contributed by atoms with E-state index in [1.54, 1.807) is 4.90 Å². The van der Waals surface area contributed by atoms with E-state index in [0.717, 1.165) is 24.8 Å². The van der Waals surface area contributed by atoms with Gasteiger partial charge in [-0.15, -0.1) is 0 Å². The number of hydrogen-bond donors (Lipinski definition) is 0. The molecule has 2 atom stereocenters. The van der Waals surface area contributed by atoms with Crippen molar-refractivity contribution < 1.29 is 19.1 Å². The summed E-state index contributed by atoms with van der Waals surface area (Å²) in [5.41, 5.74) is 1.11. The Hall–Kier alpha value is -1.92. The van der Waals surface area contributed by atoms with E-state index >= 15 is 0 Å². The quantitative estimate of drug-likeness (QED) is 0.762. The third-order valence-corrected chi connectivity index (χ3v) is 6.41. The normalized spacial score (nSPS) is 26.6. The molecular weight excluding hydrogens is 368 g/mol. The van der Waals surface area contributed by atoms with Crippen LogP contribution in [0.25, 0.3) is 0 Å². The lowest BCUT2D eigenvalue weighted by atomic mass is 9.94. The lowest BCUT2D eigenvalue weighted by Crippen LogP contribution is -2.46. The molecule has 1 saturated carbocycles. The Kier molecular flexibility index (Phi) is 6.82. The lowest BCUT2D eigenvalue weighted by molar-refractivity contribution is -0.142. The average molecular weight is 401 g/mol. The second-order valence-electron chi connectivity index (χ2n) is 8.54. The van der Waals surface area contributed by atoms with E-state index in [-0.39, 0.29) is 36.4 Å². The van der Waals surface area contributed by atoms with Crippen LogP contribution in [-0.2, 0) is 25.7 Å². The van der Waals surface area contributed by atoms with Crippen LogP contribution in [-0.4, -0.2) is 66.6 Å². The molecule has 0 N–H and O–H groups in total. The van der Waals surface area contributed by atoms with Crippen LogP contribution in [0, 0.1) is 5.92 Å². The summed E-state index contributed by atoms with van der Waals surface area (Å²) >= 11 is 0. The van der Waals surface area contributed by atoms with Gasteiger partial charge in [0.15, 0.2) is 0 Å². The van der Waals surface area contributed by atoms with Gasteiger partial charge in [-0.05, 0) is 24.8 Å². The van der Waals surface area contributed by atoms with Gasteiger partial charge in [-0.25, -0.2) is 0 Å². The van der Waals surface area contributed by atoms with Gasteiger partial charge in [0.05, 0.1) is 31.8 Å². The molecule has 29 heavy (non-hydrogen) atoms. The van der Waals surface area contributed by atoms with Crippen molar-refractivity contribution in [1.29, 1.82) is 0 Å². The minimum Gasteiger partial charge on any atom is -0.381 e. The molecular formula is C23H32N2O4. The zero-order chi connectivity index (χ0) is 20.1. The van der Waals surface area contributed by atoms with Crippen LogP contribution in [0.15, 0.2) is 30.3 Å². The highest BCUT2D eigenvalue weighted by atomic mass is 16.5. The number of carbonyl (C=O) groups excluding carboxylic acids is 2. The molecule has 0 unspecified atom stereocenters. The van der Waals surface area contributed by atoms with E-state index < -0.39 is 0 Å². The van der Waals surface area contributed by atoms with Crippen LogP contribution < -0.4 is 0 Å². The van der Waals surface area contributed by atoms with Crippen molar-refractivity contribution in [3.05, 3.63) is 35.9 Å². The fourth-order valence-corrected chi connectivity index (χ4v) is 4.74. The Morgan fingerprint density at radius 3 is 2.59 bits per heavy atom. The van der Waals surface area contributed by atoms with Crippen molar-refractivity contribution in [2.24, 2.45) is 5.92 Å². The van der Waals surface area contributed by atoms with Gasteiger partial charge < -0.3 is 19.3 Å². The van der Waals surface area contributed by atoms with Gasteiger partial charge in [-0.2, -0.15) is 0 Å². The molecule has 0 radical (unpaired) electrons. The molecule has 0 aromatic heterocycles. The number of ether oxygens (including phenoxy) is 2. The number of nitrogens with zero attached hydrogens (tertiary/aromatic N) is 2. The van der Waals surface area contributed by atoms with E-state index in [0.29, 0.717) is 32.9 Å². The number of hydrogen-bond acceptors (Lipinski definition) is 4. The van der Waals surface area contributed by atoms with Crippen LogP contribution in [0.1, 0.15) is 44.1 Å². The molecule has 158 valence electrons. The SMILES string of the molecule is O=C([C@H]1CCOC1)N1CC(=O)N(C2CCCCC2)C[C@H](OCc2ccccc2)C1. The molecule has 1 aromatic rings. The largest absolute Gasteiger partial charge is 0.381 e. The second-order valence-corrected chi connectivity index (χ2v) is 8.54. The number of carbonyl (C=O) groups is 2. The van der Waals surface area contributed by atoms with E-state index in [4.69, 9.17) is 9.47 Å². The predicted molar refractivity (Wildman–Crippen MR) is 109 cm³/mol. The first-order valence-electron chi connectivity index (χ1n) is 11.0. The van der Waals surface area contributed by atoms with E-state index in [9.17, 15) is 9.59 Å². The summed E-state index contributed by atoms with van der Waals surface area (Å²) < 4.78 is 11.6. The molecule has 2 amide bonds. The van der Waals surface area contributed by atoms with Crippen molar-refractivity contribution in [3.8, 4) is 0 Å². The van der Waals surface area contributed by atoms with Crippen LogP contribution in [0.3, 0.4) is 0 Å². The van der Waals surface area contributed by atoms with Gasteiger partial charge in [0.1, 0.15) is 0 Å². The molecule has 0 spiro atoms. The van der Waals surface area contributed by atoms with E-state index in [1.165, 1.54) is 19.3 Å². The monoisotopic (exact) mass is 400 g/mol. The summed E-state index contributed by atoms with van der Waals surface area (Å²) in [6.45, 7) is 2.79. The smallest absolute Gasteiger partial charge is 0.242 e. The van der Waals surface area contributed by atoms with Gasteiger partial charge in [0, 0.05) is 25.7 Å². The van der Waals surface area contributed by atoms with E-state index in [1.807, 2.05) is 35.2 Å². The van der Waals surface area contributed by atoms with Gasteiger partial charge in [-0.3, -0.25) is 9.59 Å². The number of benzene rings is 1. The lowest BCUT2D eigenvalue weighted by Gasteiger charge is -2.34. The molecule has 1 aromatic carbocycles. The Bertz CT molecular complexity index is 683. The molecule has 3 fully saturated rings. The van der Waals surface area contributed by atoms with Crippen molar-refractivity contribution >= 4 is 11.8 Å². The van der Waals surface area contributed by atoms with E-state index in [2.05, 4.69) is 0 Å². The molecule has 0 bridgehead atoms. The zero-order valence-electron chi connectivity index (χ0n) is 17.1. The summed E-state index contributed by atoms with van der Waals surface area (Å²) in [5, 5.41) is 0. The van der Waals surface area contributed by atoms with Crippen molar-refractivity contribution in [2.75, 3.05) is 32.8 Å². The zero-order valence-corrected chi connectivity index (χ0v) is 17.1. The predicted octanol–water partition coefficient (Wildman–Crippen LogP) is 2.61. The molecule has 6 nitrogen and oxygen atoms in total. The Morgan fingerprint density at radius 1 is 1.07 bits per heavy atom.